The number of benzene rings is 18. The summed E-state index contributed by atoms with van der Waals surface area (Å²) in [5.74, 6) is 3.52. The number of aromatic nitrogens is 4. The number of nitrogens with zero attached hydrogens (tertiary/aromatic N) is 4. The molecule has 0 spiro atoms. The molecule has 6 nitrogen and oxygen atoms in total. The lowest BCUT2D eigenvalue weighted by Gasteiger charge is -2.40. The number of para-hydroxylation sites is 9. The number of rotatable bonds is 13. The Kier molecular flexibility index (Phi) is 15.9. The predicted octanol–water partition coefficient (Wildman–Crippen LogP) is 23.1. The highest BCUT2D eigenvalue weighted by molar-refractivity contribution is 7.21. The quantitative estimate of drug-likeness (QED) is 0.108. The molecule has 0 fully saturated rings. The van der Waals surface area contributed by atoms with E-state index in [-0.39, 0.29) is 0 Å². The van der Waals surface area contributed by atoms with Gasteiger partial charge in [0.05, 0.1) is 33.1 Å². The van der Waals surface area contributed by atoms with Crippen molar-refractivity contribution < 1.29 is 9.47 Å². The summed E-state index contributed by atoms with van der Waals surface area (Å²) in [6.45, 7) is 0. The number of hydrogen-bond acceptors (Lipinski definition) is 2. The Morgan fingerprint density at radius 3 is 1.03 bits per heavy atom. The molecule has 0 aliphatic carbocycles. The molecule has 0 atom stereocenters. The van der Waals surface area contributed by atoms with Crippen molar-refractivity contribution in [2.24, 2.45) is 0 Å². The summed E-state index contributed by atoms with van der Waals surface area (Å²) in [4.78, 5) is 0. The smallest absolute Gasteiger partial charge is 0.188 e. The maximum atomic E-state index is 7.40. The van der Waals surface area contributed by atoms with Gasteiger partial charge in [-0.3, -0.25) is 0 Å². The molecular weight excluding hydrogens is 1490 g/mol. The maximum Gasteiger partial charge on any atom is 0.188 e. The van der Waals surface area contributed by atoms with Crippen molar-refractivity contribution in [1.29, 1.82) is 0 Å². The molecule has 0 saturated heterocycles. The van der Waals surface area contributed by atoms with Crippen molar-refractivity contribution >= 4 is 123 Å². The first-order valence-electron chi connectivity index (χ1n) is 41.3. The van der Waals surface area contributed by atoms with Crippen LogP contribution >= 0.6 is 0 Å². The molecule has 2 aliphatic rings. The Hall–Kier alpha value is -15.3. The second-order valence-corrected chi connectivity index (χ2v) is 39.2. The van der Waals surface area contributed by atoms with E-state index in [2.05, 4.69) is 467 Å². The highest BCUT2D eigenvalue weighted by Gasteiger charge is 2.50. The Morgan fingerprint density at radius 2 is 0.542 bits per heavy atom. The summed E-state index contributed by atoms with van der Waals surface area (Å²) in [5.41, 5.74) is 22.6. The molecule has 0 saturated carbocycles. The lowest BCUT2D eigenvalue weighted by molar-refractivity contribution is 0.487. The van der Waals surface area contributed by atoms with Crippen LogP contribution in [0.4, 0.5) is 0 Å². The average molecular weight is 1560 g/mol. The van der Waals surface area contributed by atoms with Crippen LogP contribution in [0.25, 0.3) is 144 Å². The molecule has 18 aromatic carbocycles. The maximum absolute atomic E-state index is 7.40. The van der Waals surface area contributed by atoms with Crippen LogP contribution in [0.2, 0.25) is 0 Å². The van der Waals surface area contributed by atoms with Crippen LogP contribution in [-0.2, 0) is 0 Å². The third-order valence-electron chi connectivity index (χ3n) is 25.5. The molecule has 2 aliphatic heterocycles. The Morgan fingerprint density at radius 1 is 0.200 bits per heavy atom. The van der Waals surface area contributed by atoms with Crippen LogP contribution in [0.5, 0.6) is 23.0 Å². The summed E-state index contributed by atoms with van der Waals surface area (Å²) in [6, 6.07) is 162. The third-order valence-corrected chi connectivity index (χ3v) is 35.1. The molecule has 0 unspecified atom stereocenters. The number of fused-ring (bicyclic) bond motifs is 12. The molecule has 6 heterocycles. The van der Waals surface area contributed by atoms with Gasteiger partial charge in [-0.25, -0.2) is 0 Å². The summed E-state index contributed by atoms with van der Waals surface area (Å²) in [6.07, 6.45) is 4.60. The molecule has 4 aromatic heterocycles. The van der Waals surface area contributed by atoms with E-state index >= 15 is 0 Å². The van der Waals surface area contributed by atoms with Gasteiger partial charge in [-0.2, -0.15) is 0 Å². The molecule has 8 heteroatoms. The first-order valence-corrected chi connectivity index (χ1v) is 45.3. The van der Waals surface area contributed by atoms with Gasteiger partial charge < -0.3 is 27.7 Å². The van der Waals surface area contributed by atoms with Crippen molar-refractivity contribution in [3.63, 3.8) is 0 Å². The first-order chi connectivity index (χ1) is 59.5. The molecule has 24 rings (SSSR count). The van der Waals surface area contributed by atoms with Crippen LogP contribution in [0.3, 0.4) is 0 Å². The lowest BCUT2D eigenvalue weighted by atomic mass is 9.97. The standard InChI is InChI=1S/C112H74N4O2Si2/c1-9-32-81(33-10-1)113-68-67-75-31-27-49-89(109(75)113)78-59-64-102-106(71-78)119(85-40-17-5-18-41-85,86-42-19-6-20-43-86)105-70-77(58-63-101(105)117-102)76-57-62-100-97(69-76)94-53-30-55-96(112(94)116(100)84-38-15-4-16-39-84)98-74-114(82-34-11-2-12-35-82)110-90(50-28-54-95(98)110)79-60-65-103-107(72-79)120(87-44-21-7-22-45-87,88-46-23-8-24-47-88)108-73-80(61-66-104(108)118-103)91-51-29-52-93-92-48-25-26-56-99(92)115(111(91)93)83-36-13-3-14-37-83/h1-74H. The van der Waals surface area contributed by atoms with E-state index in [1.807, 2.05) is 0 Å². The zero-order valence-electron chi connectivity index (χ0n) is 65.3. The Labute approximate surface area is 696 Å². The van der Waals surface area contributed by atoms with Crippen LogP contribution in [0.15, 0.2) is 449 Å². The fourth-order valence-electron chi connectivity index (χ4n) is 20.3. The monoisotopic (exact) mass is 1560 g/mol. The van der Waals surface area contributed by atoms with Crippen molar-refractivity contribution in [2.75, 3.05) is 0 Å². The largest absolute Gasteiger partial charge is 0.458 e. The van der Waals surface area contributed by atoms with E-state index < -0.39 is 16.1 Å². The van der Waals surface area contributed by atoms with Gasteiger partial charge in [-0.15, -0.1) is 0 Å². The van der Waals surface area contributed by atoms with Crippen molar-refractivity contribution in [3.8, 4) is 101 Å². The summed E-state index contributed by atoms with van der Waals surface area (Å²) in [7, 11) is -6.53. The predicted molar refractivity (Wildman–Crippen MR) is 503 cm³/mol. The molecule has 0 N–H and O–H groups in total. The zero-order chi connectivity index (χ0) is 79.0. The van der Waals surface area contributed by atoms with Crippen molar-refractivity contribution in [3.05, 3.63) is 449 Å². The highest BCUT2D eigenvalue weighted by Crippen LogP contribution is 2.48. The minimum Gasteiger partial charge on any atom is -0.458 e. The zero-order valence-corrected chi connectivity index (χ0v) is 67.3. The summed E-state index contributed by atoms with van der Waals surface area (Å²) >= 11 is 0. The van der Waals surface area contributed by atoms with Gasteiger partial charge in [-0.1, -0.05) is 340 Å². The second-order valence-electron chi connectivity index (χ2n) is 31.7. The van der Waals surface area contributed by atoms with E-state index in [1.54, 1.807) is 0 Å². The number of ether oxygens (including phenoxy) is 2. The first kappa shape index (κ1) is 69.0. The minimum atomic E-state index is -3.31. The van der Waals surface area contributed by atoms with E-state index in [9.17, 15) is 0 Å². The second kappa shape index (κ2) is 27.7. The van der Waals surface area contributed by atoms with Gasteiger partial charge in [0.25, 0.3) is 0 Å². The lowest BCUT2D eigenvalue weighted by Crippen LogP contribution is -2.76. The molecule has 0 radical (unpaired) electrons. The van der Waals surface area contributed by atoms with E-state index in [0.717, 1.165) is 129 Å². The molecular formula is C112H74N4O2Si2. The molecule has 22 aromatic rings. The summed E-state index contributed by atoms with van der Waals surface area (Å²) in [5, 5.41) is 17.1. The number of hydrogen-bond donors (Lipinski definition) is 0. The van der Waals surface area contributed by atoms with Crippen LogP contribution < -0.4 is 51.0 Å². The van der Waals surface area contributed by atoms with Crippen LogP contribution in [0.1, 0.15) is 0 Å². The highest BCUT2D eigenvalue weighted by atomic mass is 28.3. The molecule has 120 heavy (non-hydrogen) atoms. The summed E-state index contributed by atoms with van der Waals surface area (Å²) < 4.78 is 24.4. The van der Waals surface area contributed by atoms with Crippen molar-refractivity contribution in [2.45, 2.75) is 0 Å². The van der Waals surface area contributed by atoms with Crippen LogP contribution in [0, 0.1) is 0 Å². The molecule has 0 amide bonds. The van der Waals surface area contributed by atoms with Crippen LogP contribution in [-0.4, -0.2) is 34.4 Å². The SMILES string of the molecule is c1ccc(-n2ccc3cccc(-c4ccc5c(c4)[Si](c4ccccc4)(c4ccccc4)c4cc(-c6ccc7c(c6)c6cccc(-c8cn(-c9ccccc9)c9c(-c%10ccc%11c(c%10)[Si](c%10ccccc%10)(c%10ccccc%10)c%10cc(-c%12cccc%13c%14ccccc%14n(-c%14ccccc%14)c%12%13)ccc%10O%11)cccc89)c6n7-c6ccccc6)ccc4O5)c32)cc1. The third kappa shape index (κ3) is 10.5. The van der Waals surface area contributed by atoms with E-state index in [1.165, 1.54) is 79.8 Å². The Bertz CT molecular complexity index is 7740. The van der Waals surface area contributed by atoms with E-state index in [4.69, 9.17) is 9.47 Å². The topological polar surface area (TPSA) is 38.2 Å². The van der Waals surface area contributed by atoms with Gasteiger partial charge >= 0.3 is 0 Å². The van der Waals surface area contributed by atoms with Gasteiger partial charge in [0.2, 0.25) is 0 Å². The van der Waals surface area contributed by atoms with Gasteiger partial charge in [0.15, 0.2) is 16.1 Å². The fraction of sp³-hybridized carbons (Fsp3) is 0. The minimum absolute atomic E-state index is 0.870. The van der Waals surface area contributed by atoms with Crippen molar-refractivity contribution in [1.82, 2.24) is 18.3 Å². The fourth-order valence-corrected chi connectivity index (χ4v) is 30.4. The average Bonchev–Trinajstić information content (AvgIpc) is 0.847. The molecule has 562 valence electrons. The normalized spacial score (nSPS) is 13.1. The Balaban J connectivity index is 0.682. The van der Waals surface area contributed by atoms with Gasteiger partial charge in [0.1, 0.15) is 23.0 Å². The molecule has 0 bridgehead atoms. The van der Waals surface area contributed by atoms with Gasteiger partial charge in [-0.05, 0) is 166 Å². The van der Waals surface area contributed by atoms with Gasteiger partial charge in [0, 0.05) is 95.3 Å². The van der Waals surface area contributed by atoms with E-state index in [0.29, 0.717) is 0 Å².